The van der Waals surface area contributed by atoms with Crippen molar-refractivity contribution in [3.8, 4) is 11.1 Å². The summed E-state index contributed by atoms with van der Waals surface area (Å²) in [5.41, 5.74) is 4.87. The van der Waals surface area contributed by atoms with Gasteiger partial charge < -0.3 is 4.57 Å². The van der Waals surface area contributed by atoms with Gasteiger partial charge in [-0.3, -0.25) is 9.69 Å². The zero-order valence-corrected chi connectivity index (χ0v) is 17.6. The maximum atomic E-state index is 14.0. The molecule has 4 aromatic rings. The predicted molar refractivity (Wildman–Crippen MR) is 120 cm³/mol. The Hall–Kier alpha value is -3.44. The number of aryl methyl sites for hydroxylation is 1. The monoisotopic (exact) mass is 431 g/mol. The van der Waals surface area contributed by atoms with Gasteiger partial charge in [0.1, 0.15) is 11.6 Å². The summed E-state index contributed by atoms with van der Waals surface area (Å²) in [5.74, 6) is -0.133. The first-order valence-corrected chi connectivity index (χ1v) is 10.3. The van der Waals surface area contributed by atoms with Gasteiger partial charge in [0.25, 0.3) is 5.91 Å². The van der Waals surface area contributed by atoms with Crippen molar-refractivity contribution in [3.05, 3.63) is 106 Å². The number of carbonyl (C=O) groups is 1. The quantitative estimate of drug-likeness (QED) is 0.398. The molecule has 2 aromatic carbocycles. The molecule has 5 rings (SSSR count). The first-order valence-electron chi connectivity index (χ1n) is 9.97. The van der Waals surface area contributed by atoms with Crippen LogP contribution in [0.3, 0.4) is 0 Å². The molecular formula is C25H19ClFN3O. The van der Waals surface area contributed by atoms with Crippen LogP contribution in [0.2, 0.25) is 5.02 Å². The molecule has 0 saturated carbocycles. The van der Waals surface area contributed by atoms with E-state index in [1.54, 1.807) is 17.2 Å². The lowest BCUT2D eigenvalue weighted by Crippen LogP contribution is -2.32. The second-order valence-electron chi connectivity index (χ2n) is 7.65. The van der Waals surface area contributed by atoms with Gasteiger partial charge in [-0.25, -0.2) is 9.37 Å². The number of nitrogens with zero attached hydrogens (tertiary/aromatic N) is 3. The summed E-state index contributed by atoms with van der Waals surface area (Å²) in [4.78, 5) is 19.8. The smallest absolute Gasteiger partial charge is 0.260 e. The molecule has 0 saturated heterocycles. The third-order valence-corrected chi connectivity index (χ3v) is 5.91. The number of amides is 1. The normalized spacial score (nSPS) is 12.8. The number of hydrogen-bond donors (Lipinski definition) is 0. The fourth-order valence-electron chi connectivity index (χ4n) is 4.09. The van der Waals surface area contributed by atoms with Crippen LogP contribution in [-0.2, 0) is 13.1 Å². The van der Waals surface area contributed by atoms with E-state index >= 15 is 0 Å². The van der Waals surface area contributed by atoms with E-state index in [0.29, 0.717) is 29.5 Å². The molecule has 31 heavy (non-hydrogen) atoms. The minimum Gasteiger partial charge on any atom is -0.345 e. The predicted octanol–water partition coefficient (Wildman–Crippen LogP) is 5.86. The van der Waals surface area contributed by atoms with Crippen molar-refractivity contribution in [1.82, 2.24) is 9.55 Å². The fraction of sp³-hybridized carbons (Fsp3) is 0.120. The molecule has 0 spiro atoms. The zero-order valence-electron chi connectivity index (χ0n) is 16.8. The third kappa shape index (κ3) is 3.51. The highest BCUT2D eigenvalue weighted by Crippen LogP contribution is 2.35. The molecule has 0 N–H and O–H groups in total. The van der Waals surface area contributed by atoms with Gasteiger partial charge in [0.2, 0.25) is 0 Å². The van der Waals surface area contributed by atoms with Crippen LogP contribution in [0.5, 0.6) is 0 Å². The minimum absolute atomic E-state index is 0.274. The Balaban J connectivity index is 1.71. The highest BCUT2D eigenvalue weighted by Gasteiger charge is 2.28. The van der Waals surface area contributed by atoms with Gasteiger partial charge in [-0.2, -0.15) is 0 Å². The Kier molecular flexibility index (Phi) is 4.83. The molecule has 0 aliphatic carbocycles. The lowest BCUT2D eigenvalue weighted by Gasteiger charge is -2.23. The van der Waals surface area contributed by atoms with E-state index < -0.39 is 5.82 Å². The molecule has 0 bridgehead atoms. The Morgan fingerprint density at radius 2 is 1.94 bits per heavy atom. The summed E-state index contributed by atoms with van der Waals surface area (Å²) in [5, 5.41) is 0.640. The van der Waals surface area contributed by atoms with E-state index in [4.69, 9.17) is 11.6 Å². The summed E-state index contributed by atoms with van der Waals surface area (Å²) in [6.45, 7) is 2.73. The fourth-order valence-corrected chi connectivity index (χ4v) is 4.28. The third-order valence-electron chi connectivity index (χ3n) is 5.67. The second kappa shape index (κ2) is 7.67. The summed E-state index contributed by atoms with van der Waals surface area (Å²) in [6.07, 6.45) is 3.70. The van der Waals surface area contributed by atoms with Crippen LogP contribution in [0.4, 0.5) is 10.2 Å². The molecule has 154 valence electrons. The standard InChI is InChI=1S/C25H19ClFN3O/c1-16-7-8-19(27)13-22(16)25(31)30-14-20-6-3-11-29(20)15-23-21(9-10-28-24(23)30)17-4-2-5-18(26)12-17/h2-13H,14-15H2,1H3. The van der Waals surface area contributed by atoms with Gasteiger partial charge in [0.05, 0.1) is 13.1 Å². The SMILES string of the molecule is Cc1ccc(F)cc1C(=O)N1Cc2cccn2Cc2c(-c3cccc(Cl)c3)ccnc21. The summed E-state index contributed by atoms with van der Waals surface area (Å²) in [7, 11) is 0. The number of pyridine rings is 1. The van der Waals surface area contributed by atoms with Crippen LogP contribution < -0.4 is 4.90 Å². The number of hydrogen-bond acceptors (Lipinski definition) is 2. The van der Waals surface area contributed by atoms with Gasteiger partial charge in [-0.15, -0.1) is 0 Å². The van der Waals surface area contributed by atoms with Crippen molar-refractivity contribution in [2.75, 3.05) is 4.90 Å². The van der Waals surface area contributed by atoms with Gasteiger partial charge in [0.15, 0.2) is 0 Å². The first-order chi connectivity index (χ1) is 15.0. The van der Waals surface area contributed by atoms with Crippen molar-refractivity contribution < 1.29 is 9.18 Å². The highest BCUT2D eigenvalue weighted by molar-refractivity contribution is 6.30. The molecule has 4 nitrogen and oxygen atoms in total. The van der Waals surface area contributed by atoms with Crippen molar-refractivity contribution in [2.45, 2.75) is 20.0 Å². The van der Waals surface area contributed by atoms with E-state index in [0.717, 1.165) is 27.9 Å². The number of carbonyl (C=O) groups excluding carboxylic acids is 1. The number of rotatable bonds is 2. The average molecular weight is 432 g/mol. The van der Waals surface area contributed by atoms with Gasteiger partial charge in [-0.05, 0) is 66.1 Å². The van der Waals surface area contributed by atoms with Crippen LogP contribution in [0, 0.1) is 12.7 Å². The molecule has 3 heterocycles. The molecule has 0 unspecified atom stereocenters. The van der Waals surface area contributed by atoms with E-state index in [2.05, 4.69) is 9.55 Å². The van der Waals surface area contributed by atoms with Crippen molar-refractivity contribution in [3.63, 3.8) is 0 Å². The molecule has 1 amide bonds. The lowest BCUT2D eigenvalue weighted by atomic mass is 10.00. The van der Waals surface area contributed by atoms with Crippen LogP contribution in [0.25, 0.3) is 11.1 Å². The minimum atomic E-state index is -0.437. The topological polar surface area (TPSA) is 38.1 Å². The number of fused-ring (bicyclic) bond motifs is 2. The van der Waals surface area contributed by atoms with Gasteiger partial charge in [0, 0.05) is 34.2 Å². The number of anilines is 1. The Morgan fingerprint density at radius 1 is 1.06 bits per heavy atom. The summed E-state index contributed by atoms with van der Waals surface area (Å²) < 4.78 is 16.1. The molecular weight excluding hydrogens is 413 g/mol. The Bertz CT molecular complexity index is 1310. The largest absolute Gasteiger partial charge is 0.345 e. The van der Waals surface area contributed by atoms with E-state index in [9.17, 15) is 9.18 Å². The van der Waals surface area contributed by atoms with E-state index in [1.165, 1.54) is 12.1 Å². The lowest BCUT2D eigenvalue weighted by molar-refractivity contribution is 0.0983. The molecule has 1 aliphatic heterocycles. The van der Waals surface area contributed by atoms with Crippen molar-refractivity contribution >= 4 is 23.3 Å². The molecule has 1 aliphatic rings. The molecule has 0 radical (unpaired) electrons. The molecule has 2 aromatic heterocycles. The van der Waals surface area contributed by atoms with Crippen molar-refractivity contribution in [1.29, 1.82) is 0 Å². The maximum Gasteiger partial charge on any atom is 0.260 e. The number of aromatic nitrogens is 2. The van der Waals surface area contributed by atoms with Crippen LogP contribution in [-0.4, -0.2) is 15.5 Å². The Labute approximate surface area is 184 Å². The first kappa shape index (κ1) is 19.5. The van der Waals surface area contributed by atoms with Crippen LogP contribution >= 0.6 is 11.6 Å². The highest BCUT2D eigenvalue weighted by atomic mass is 35.5. The molecule has 6 heteroatoms. The van der Waals surface area contributed by atoms with Crippen LogP contribution in [0.1, 0.15) is 27.2 Å². The number of benzene rings is 2. The summed E-state index contributed by atoms with van der Waals surface area (Å²) in [6, 6.07) is 17.8. The maximum absolute atomic E-state index is 14.0. The molecule has 0 atom stereocenters. The van der Waals surface area contributed by atoms with Gasteiger partial charge in [-0.1, -0.05) is 29.8 Å². The second-order valence-corrected chi connectivity index (χ2v) is 8.09. The van der Waals surface area contributed by atoms with Crippen LogP contribution in [0.15, 0.2) is 73.1 Å². The average Bonchev–Trinajstić information content (AvgIpc) is 3.13. The summed E-state index contributed by atoms with van der Waals surface area (Å²) >= 11 is 6.24. The Morgan fingerprint density at radius 3 is 2.77 bits per heavy atom. The zero-order chi connectivity index (χ0) is 21.5. The van der Waals surface area contributed by atoms with Crippen molar-refractivity contribution in [2.24, 2.45) is 0 Å². The molecule has 0 fully saturated rings. The number of halogens is 2. The van der Waals surface area contributed by atoms with Gasteiger partial charge >= 0.3 is 0 Å². The van der Waals surface area contributed by atoms with E-state index in [1.807, 2.05) is 55.6 Å². The van der Waals surface area contributed by atoms with E-state index in [-0.39, 0.29) is 5.91 Å².